The molecule has 1 unspecified atom stereocenters. The fourth-order valence-corrected chi connectivity index (χ4v) is 4.22. The van der Waals surface area contributed by atoms with Gasteiger partial charge < -0.3 is 10.2 Å². The van der Waals surface area contributed by atoms with Crippen molar-refractivity contribution >= 4 is 44.2 Å². The van der Waals surface area contributed by atoms with Crippen LogP contribution in [0.5, 0.6) is 0 Å². The molecule has 3 aromatic carbocycles. The Hall–Kier alpha value is -2.77. The molecule has 7 heteroatoms. The number of anilines is 1. The standard InChI is InChI=1S/C24H23BrFN3O2/c1-16(23(30)27-22-10-9-18(25)15-21(22)26)28-11-13-29(14-12-28)24(31)20-8-4-6-17-5-2-3-7-19(17)20/h2-10,15-16H,11-14H2,1H3,(H,27,30). The summed E-state index contributed by atoms with van der Waals surface area (Å²) in [5, 5.41) is 4.64. The van der Waals surface area contributed by atoms with Gasteiger partial charge in [-0.2, -0.15) is 0 Å². The zero-order chi connectivity index (χ0) is 22.0. The monoisotopic (exact) mass is 483 g/mol. The van der Waals surface area contributed by atoms with Crippen LogP contribution in [0.25, 0.3) is 10.8 Å². The number of nitrogens with one attached hydrogen (secondary N) is 1. The lowest BCUT2D eigenvalue weighted by Crippen LogP contribution is -2.54. The fourth-order valence-electron chi connectivity index (χ4n) is 3.89. The van der Waals surface area contributed by atoms with E-state index in [0.29, 0.717) is 36.2 Å². The van der Waals surface area contributed by atoms with Crippen molar-refractivity contribution in [2.75, 3.05) is 31.5 Å². The number of halogens is 2. The van der Waals surface area contributed by atoms with Crippen LogP contribution in [0.3, 0.4) is 0 Å². The first-order valence-corrected chi connectivity index (χ1v) is 11.0. The third-order valence-electron chi connectivity index (χ3n) is 5.74. The van der Waals surface area contributed by atoms with Crippen molar-refractivity contribution < 1.29 is 14.0 Å². The van der Waals surface area contributed by atoms with E-state index in [1.54, 1.807) is 13.0 Å². The highest BCUT2D eigenvalue weighted by molar-refractivity contribution is 9.10. The Morgan fingerprint density at radius 3 is 2.45 bits per heavy atom. The molecule has 160 valence electrons. The number of fused-ring (bicyclic) bond motifs is 1. The largest absolute Gasteiger partial charge is 0.336 e. The summed E-state index contributed by atoms with van der Waals surface area (Å²) in [6.07, 6.45) is 0. The van der Waals surface area contributed by atoms with Crippen LogP contribution in [0.15, 0.2) is 65.1 Å². The normalized spacial score (nSPS) is 15.6. The van der Waals surface area contributed by atoms with Crippen molar-refractivity contribution in [3.05, 3.63) is 76.5 Å². The fraction of sp³-hybridized carbons (Fsp3) is 0.250. The van der Waals surface area contributed by atoms with E-state index in [4.69, 9.17) is 0 Å². The molecule has 4 rings (SSSR count). The molecule has 0 saturated carbocycles. The minimum atomic E-state index is -0.486. The minimum Gasteiger partial charge on any atom is -0.336 e. The summed E-state index contributed by atoms with van der Waals surface area (Å²) in [4.78, 5) is 29.6. The van der Waals surface area contributed by atoms with Crippen molar-refractivity contribution in [3.8, 4) is 0 Å². The number of nitrogens with zero attached hydrogens (tertiary/aromatic N) is 2. The SMILES string of the molecule is CC(C(=O)Nc1ccc(Br)cc1F)N1CCN(C(=O)c2cccc3ccccc23)CC1. The summed E-state index contributed by atoms with van der Waals surface area (Å²) < 4.78 is 14.6. The number of hydrogen-bond acceptors (Lipinski definition) is 3. The van der Waals surface area contributed by atoms with Crippen molar-refractivity contribution in [1.29, 1.82) is 0 Å². The van der Waals surface area contributed by atoms with Gasteiger partial charge in [-0.3, -0.25) is 14.5 Å². The molecule has 3 aromatic rings. The lowest BCUT2D eigenvalue weighted by molar-refractivity contribution is -0.121. The Morgan fingerprint density at radius 2 is 1.71 bits per heavy atom. The topological polar surface area (TPSA) is 52.7 Å². The van der Waals surface area contributed by atoms with E-state index in [1.165, 1.54) is 12.1 Å². The quantitative estimate of drug-likeness (QED) is 0.593. The molecule has 1 aliphatic heterocycles. The molecule has 1 aliphatic rings. The van der Waals surface area contributed by atoms with Gasteiger partial charge in [-0.25, -0.2) is 4.39 Å². The van der Waals surface area contributed by atoms with Gasteiger partial charge in [0.25, 0.3) is 5.91 Å². The summed E-state index contributed by atoms with van der Waals surface area (Å²) in [5.74, 6) is -0.749. The summed E-state index contributed by atoms with van der Waals surface area (Å²) in [5.41, 5.74) is 0.855. The van der Waals surface area contributed by atoms with E-state index in [0.717, 1.165) is 10.8 Å². The Balaban J connectivity index is 1.38. The van der Waals surface area contributed by atoms with Crippen LogP contribution in [0.4, 0.5) is 10.1 Å². The molecule has 0 aromatic heterocycles. The molecule has 0 spiro atoms. The highest BCUT2D eigenvalue weighted by atomic mass is 79.9. The first-order valence-electron chi connectivity index (χ1n) is 10.2. The smallest absolute Gasteiger partial charge is 0.254 e. The maximum absolute atomic E-state index is 14.0. The predicted octanol–water partition coefficient (Wildman–Crippen LogP) is 4.53. The van der Waals surface area contributed by atoms with Gasteiger partial charge in [0, 0.05) is 36.2 Å². The lowest BCUT2D eigenvalue weighted by atomic mass is 10.0. The van der Waals surface area contributed by atoms with Gasteiger partial charge in [0.15, 0.2) is 0 Å². The molecular formula is C24H23BrFN3O2. The van der Waals surface area contributed by atoms with Crippen molar-refractivity contribution in [2.45, 2.75) is 13.0 Å². The molecule has 1 heterocycles. The number of rotatable bonds is 4. The van der Waals surface area contributed by atoms with E-state index in [-0.39, 0.29) is 17.5 Å². The van der Waals surface area contributed by atoms with Crippen LogP contribution in [-0.4, -0.2) is 53.8 Å². The van der Waals surface area contributed by atoms with Crippen LogP contribution >= 0.6 is 15.9 Å². The van der Waals surface area contributed by atoms with Crippen LogP contribution in [0, 0.1) is 5.82 Å². The molecule has 31 heavy (non-hydrogen) atoms. The van der Waals surface area contributed by atoms with E-state index in [2.05, 4.69) is 21.2 Å². The van der Waals surface area contributed by atoms with Crippen molar-refractivity contribution in [2.24, 2.45) is 0 Å². The van der Waals surface area contributed by atoms with Gasteiger partial charge in [0.05, 0.1) is 11.7 Å². The molecule has 1 N–H and O–H groups in total. The first kappa shape index (κ1) is 21.5. The highest BCUT2D eigenvalue weighted by Crippen LogP contribution is 2.22. The molecule has 1 atom stereocenters. The molecule has 5 nitrogen and oxygen atoms in total. The Kier molecular flexibility index (Phi) is 6.34. The second kappa shape index (κ2) is 9.16. The second-order valence-electron chi connectivity index (χ2n) is 7.64. The summed E-state index contributed by atoms with van der Waals surface area (Å²) >= 11 is 3.21. The Bertz CT molecular complexity index is 1120. The molecule has 0 radical (unpaired) electrons. The average Bonchev–Trinajstić information content (AvgIpc) is 2.79. The van der Waals surface area contributed by atoms with Gasteiger partial charge in [-0.15, -0.1) is 0 Å². The van der Waals surface area contributed by atoms with Gasteiger partial charge >= 0.3 is 0 Å². The number of amides is 2. The van der Waals surface area contributed by atoms with Gasteiger partial charge in [0.2, 0.25) is 5.91 Å². The number of piperazine rings is 1. The lowest BCUT2D eigenvalue weighted by Gasteiger charge is -2.37. The zero-order valence-corrected chi connectivity index (χ0v) is 18.7. The van der Waals surface area contributed by atoms with Crippen molar-refractivity contribution in [3.63, 3.8) is 0 Å². The first-order chi connectivity index (χ1) is 14.9. The van der Waals surface area contributed by atoms with E-state index >= 15 is 0 Å². The van der Waals surface area contributed by atoms with Crippen LogP contribution in [0.1, 0.15) is 17.3 Å². The van der Waals surface area contributed by atoms with Gasteiger partial charge in [-0.1, -0.05) is 52.3 Å². The molecule has 1 fully saturated rings. The van der Waals surface area contributed by atoms with Crippen LogP contribution < -0.4 is 5.32 Å². The summed E-state index contributed by atoms with van der Waals surface area (Å²) in [6.45, 7) is 4.02. The summed E-state index contributed by atoms with van der Waals surface area (Å²) in [6, 6.07) is 17.7. The highest BCUT2D eigenvalue weighted by Gasteiger charge is 2.28. The maximum atomic E-state index is 14.0. The van der Waals surface area contributed by atoms with Crippen molar-refractivity contribution in [1.82, 2.24) is 9.80 Å². The third-order valence-corrected chi connectivity index (χ3v) is 6.23. The molecule has 0 bridgehead atoms. The third kappa shape index (κ3) is 4.62. The number of carbonyl (C=O) groups excluding carboxylic acids is 2. The number of benzene rings is 3. The van der Waals surface area contributed by atoms with Crippen LogP contribution in [0.2, 0.25) is 0 Å². The molecule has 0 aliphatic carbocycles. The van der Waals surface area contributed by atoms with E-state index < -0.39 is 11.9 Å². The molecular weight excluding hydrogens is 461 g/mol. The van der Waals surface area contributed by atoms with Gasteiger partial charge in [0.1, 0.15) is 5.82 Å². The predicted molar refractivity (Wildman–Crippen MR) is 124 cm³/mol. The summed E-state index contributed by atoms with van der Waals surface area (Å²) in [7, 11) is 0. The minimum absolute atomic E-state index is 0.00508. The Labute approximate surface area is 189 Å². The number of hydrogen-bond donors (Lipinski definition) is 1. The van der Waals surface area contributed by atoms with Crippen LogP contribution in [-0.2, 0) is 4.79 Å². The van der Waals surface area contributed by atoms with Gasteiger partial charge in [-0.05, 0) is 42.0 Å². The van der Waals surface area contributed by atoms with E-state index in [9.17, 15) is 14.0 Å². The second-order valence-corrected chi connectivity index (χ2v) is 8.56. The number of carbonyl (C=O) groups is 2. The van der Waals surface area contributed by atoms with E-state index in [1.807, 2.05) is 52.3 Å². The molecule has 2 amide bonds. The Morgan fingerprint density at radius 1 is 1.00 bits per heavy atom. The molecule has 1 saturated heterocycles. The maximum Gasteiger partial charge on any atom is 0.254 e. The average molecular weight is 484 g/mol. The zero-order valence-electron chi connectivity index (χ0n) is 17.1.